The Balaban J connectivity index is 2.23. The minimum Gasteiger partial charge on any atom is -0.326 e. The van der Waals surface area contributed by atoms with Gasteiger partial charge in [-0.3, -0.25) is 0 Å². The Morgan fingerprint density at radius 2 is 1.94 bits per heavy atom. The van der Waals surface area contributed by atoms with Crippen molar-refractivity contribution in [3.63, 3.8) is 0 Å². The average Bonchev–Trinajstić information content (AvgIpc) is 2.87. The lowest BCUT2D eigenvalue weighted by atomic mass is 10.0. The molecule has 0 aliphatic rings. The third-order valence-electron chi connectivity index (χ3n) is 3.04. The van der Waals surface area contributed by atoms with Crippen LogP contribution in [0.15, 0.2) is 47.8 Å². The second kappa shape index (κ2) is 4.73. The Morgan fingerprint density at radius 3 is 2.72 bits per heavy atom. The molecule has 0 aliphatic heterocycles. The molecule has 0 bridgehead atoms. The molecular formula is C15H12ClNS. The lowest BCUT2D eigenvalue weighted by Crippen LogP contribution is -1.95. The summed E-state index contributed by atoms with van der Waals surface area (Å²) in [7, 11) is 0. The highest BCUT2D eigenvalue weighted by atomic mass is 35.5. The average molecular weight is 274 g/mol. The van der Waals surface area contributed by atoms with Gasteiger partial charge in [-0.1, -0.05) is 41.9 Å². The third-order valence-corrected chi connectivity index (χ3v) is 4.31. The number of benzene rings is 2. The van der Waals surface area contributed by atoms with Gasteiger partial charge >= 0.3 is 0 Å². The van der Waals surface area contributed by atoms with E-state index in [1.807, 2.05) is 12.1 Å². The summed E-state index contributed by atoms with van der Waals surface area (Å²) in [4.78, 5) is 0. The summed E-state index contributed by atoms with van der Waals surface area (Å²) in [6.45, 7) is 0.517. The zero-order valence-electron chi connectivity index (χ0n) is 9.69. The van der Waals surface area contributed by atoms with Gasteiger partial charge in [-0.15, -0.1) is 11.3 Å². The van der Waals surface area contributed by atoms with Gasteiger partial charge in [0.25, 0.3) is 0 Å². The van der Waals surface area contributed by atoms with Crippen LogP contribution in [-0.4, -0.2) is 0 Å². The van der Waals surface area contributed by atoms with Crippen molar-refractivity contribution >= 4 is 33.0 Å². The molecule has 18 heavy (non-hydrogen) atoms. The van der Waals surface area contributed by atoms with E-state index in [2.05, 4.69) is 35.7 Å². The number of halogens is 1. The van der Waals surface area contributed by atoms with Gasteiger partial charge in [-0.25, -0.2) is 0 Å². The summed E-state index contributed by atoms with van der Waals surface area (Å²) in [5, 5.41) is 4.13. The maximum atomic E-state index is 6.36. The van der Waals surface area contributed by atoms with Crippen LogP contribution < -0.4 is 5.73 Å². The normalized spacial score (nSPS) is 11.0. The van der Waals surface area contributed by atoms with Crippen molar-refractivity contribution in [3.8, 4) is 11.1 Å². The zero-order chi connectivity index (χ0) is 12.5. The molecule has 3 heteroatoms. The molecule has 2 aromatic carbocycles. The zero-order valence-corrected chi connectivity index (χ0v) is 11.3. The minimum atomic E-state index is 0.517. The summed E-state index contributed by atoms with van der Waals surface area (Å²) in [5.41, 5.74) is 8.94. The lowest BCUT2D eigenvalue weighted by molar-refractivity contribution is 1.07. The molecule has 0 unspecified atom stereocenters. The summed E-state index contributed by atoms with van der Waals surface area (Å²) < 4.78 is 1.28. The van der Waals surface area contributed by atoms with E-state index in [9.17, 15) is 0 Å². The quantitative estimate of drug-likeness (QED) is 0.721. The van der Waals surface area contributed by atoms with E-state index in [0.717, 1.165) is 16.1 Å². The maximum absolute atomic E-state index is 6.36. The molecule has 0 radical (unpaired) electrons. The Hall–Kier alpha value is -1.35. The molecule has 1 aromatic heterocycles. The maximum Gasteiger partial charge on any atom is 0.0488 e. The highest BCUT2D eigenvalue weighted by molar-refractivity contribution is 7.17. The van der Waals surface area contributed by atoms with Crippen molar-refractivity contribution in [2.45, 2.75) is 6.54 Å². The minimum absolute atomic E-state index is 0.517. The van der Waals surface area contributed by atoms with Crippen LogP contribution in [0.5, 0.6) is 0 Å². The van der Waals surface area contributed by atoms with E-state index < -0.39 is 0 Å². The number of hydrogen-bond donors (Lipinski definition) is 1. The summed E-state index contributed by atoms with van der Waals surface area (Å²) in [5.74, 6) is 0. The molecule has 90 valence electrons. The van der Waals surface area contributed by atoms with E-state index in [0.29, 0.717) is 6.54 Å². The molecule has 2 N–H and O–H groups in total. The summed E-state index contributed by atoms with van der Waals surface area (Å²) >= 11 is 8.10. The second-order valence-electron chi connectivity index (χ2n) is 4.16. The Kier molecular flexibility index (Phi) is 3.08. The molecule has 0 saturated carbocycles. The van der Waals surface area contributed by atoms with Crippen LogP contribution in [0.25, 0.3) is 21.2 Å². The van der Waals surface area contributed by atoms with E-state index in [1.165, 1.54) is 15.6 Å². The smallest absolute Gasteiger partial charge is 0.0488 e. The van der Waals surface area contributed by atoms with Gasteiger partial charge in [-0.05, 0) is 28.5 Å². The van der Waals surface area contributed by atoms with Crippen LogP contribution in [0, 0.1) is 0 Å². The molecule has 0 saturated heterocycles. The van der Waals surface area contributed by atoms with Crippen LogP contribution in [0.1, 0.15) is 5.56 Å². The SMILES string of the molecule is NCc1ccc(-c2cccc3ccsc23)c(Cl)c1. The number of thiophene rings is 1. The van der Waals surface area contributed by atoms with Crippen molar-refractivity contribution in [2.24, 2.45) is 5.73 Å². The van der Waals surface area contributed by atoms with Gasteiger partial charge in [0, 0.05) is 27.4 Å². The monoisotopic (exact) mass is 273 g/mol. The van der Waals surface area contributed by atoms with Gasteiger partial charge < -0.3 is 5.73 Å². The molecule has 0 aliphatic carbocycles. The predicted molar refractivity (Wildman–Crippen MR) is 80.2 cm³/mol. The van der Waals surface area contributed by atoms with E-state index in [1.54, 1.807) is 11.3 Å². The Morgan fingerprint density at radius 1 is 1.06 bits per heavy atom. The number of nitrogens with two attached hydrogens (primary N) is 1. The van der Waals surface area contributed by atoms with Gasteiger partial charge in [0.15, 0.2) is 0 Å². The van der Waals surface area contributed by atoms with Crippen LogP contribution in [0.4, 0.5) is 0 Å². The fourth-order valence-electron chi connectivity index (χ4n) is 2.11. The van der Waals surface area contributed by atoms with Crippen LogP contribution >= 0.6 is 22.9 Å². The van der Waals surface area contributed by atoms with E-state index in [-0.39, 0.29) is 0 Å². The second-order valence-corrected chi connectivity index (χ2v) is 5.49. The number of hydrogen-bond acceptors (Lipinski definition) is 2. The van der Waals surface area contributed by atoms with Crippen molar-refractivity contribution in [3.05, 3.63) is 58.4 Å². The topological polar surface area (TPSA) is 26.0 Å². The Bertz CT molecular complexity index is 703. The van der Waals surface area contributed by atoms with Gasteiger partial charge in [0.2, 0.25) is 0 Å². The fourth-order valence-corrected chi connectivity index (χ4v) is 3.34. The molecule has 3 rings (SSSR count). The van der Waals surface area contributed by atoms with Crippen LogP contribution in [0.2, 0.25) is 5.02 Å². The first kappa shape index (κ1) is 11.7. The summed E-state index contributed by atoms with van der Waals surface area (Å²) in [6.07, 6.45) is 0. The highest BCUT2D eigenvalue weighted by Crippen LogP contribution is 2.36. The first-order chi connectivity index (χ1) is 8.79. The highest BCUT2D eigenvalue weighted by Gasteiger charge is 2.08. The predicted octanol–water partition coefficient (Wildman–Crippen LogP) is 4.68. The molecular weight excluding hydrogens is 262 g/mol. The Labute approximate surface area is 115 Å². The van der Waals surface area contributed by atoms with Gasteiger partial charge in [-0.2, -0.15) is 0 Å². The first-order valence-electron chi connectivity index (χ1n) is 5.74. The number of rotatable bonds is 2. The molecule has 0 amide bonds. The lowest BCUT2D eigenvalue weighted by Gasteiger charge is -2.07. The standard InChI is InChI=1S/C15H12ClNS/c16-14-8-10(9-17)4-5-12(14)13-3-1-2-11-6-7-18-15(11)13/h1-8H,9,17H2. The molecule has 0 atom stereocenters. The largest absolute Gasteiger partial charge is 0.326 e. The number of fused-ring (bicyclic) bond motifs is 1. The van der Waals surface area contributed by atoms with Gasteiger partial charge in [0.05, 0.1) is 0 Å². The van der Waals surface area contributed by atoms with Crippen molar-refractivity contribution in [1.82, 2.24) is 0 Å². The fraction of sp³-hybridized carbons (Fsp3) is 0.0667. The van der Waals surface area contributed by atoms with Crippen molar-refractivity contribution < 1.29 is 0 Å². The van der Waals surface area contributed by atoms with Crippen molar-refractivity contribution in [1.29, 1.82) is 0 Å². The van der Waals surface area contributed by atoms with Crippen molar-refractivity contribution in [2.75, 3.05) is 0 Å². The summed E-state index contributed by atoms with van der Waals surface area (Å²) in [6, 6.07) is 14.5. The van der Waals surface area contributed by atoms with E-state index >= 15 is 0 Å². The van der Waals surface area contributed by atoms with E-state index in [4.69, 9.17) is 17.3 Å². The third kappa shape index (κ3) is 1.93. The molecule has 0 spiro atoms. The van der Waals surface area contributed by atoms with Crippen LogP contribution in [0.3, 0.4) is 0 Å². The molecule has 3 aromatic rings. The molecule has 1 nitrogen and oxygen atoms in total. The first-order valence-corrected chi connectivity index (χ1v) is 7.00. The van der Waals surface area contributed by atoms with Gasteiger partial charge in [0.1, 0.15) is 0 Å². The van der Waals surface area contributed by atoms with Crippen LogP contribution in [-0.2, 0) is 6.54 Å². The molecule has 0 fully saturated rings. The molecule has 1 heterocycles.